The number of aromatic nitrogens is 1. The molecule has 0 atom stereocenters. The normalized spacial score (nSPS) is 13.3. The molecule has 0 fully saturated rings. The Morgan fingerprint density at radius 1 is 0.865 bits per heavy atom. The number of rotatable bonds is 5. The first kappa shape index (κ1) is 28.6. The van der Waals surface area contributed by atoms with Crippen LogP contribution in [0, 0.1) is 6.92 Å². The number of nitrogens with one attached hydrogen (secondary N) is 1. The number of aliphatic hydroxyl groups is 1. The fourth-order valence-corrected chi connectivity index (χ4v) is 4.34. The van der Waals surface area contributed by atoms with E-state index in [0.717, 1.165) is 0 Å². The number of hydrogen-bond acceptors (Lipinski definition) is 2. The highest BCUT2D eigenvalue weighted by atomic mass is 19.4. The van der Waals surface area contributed by atoms with E-state index in [2.05, 4.69) is 5.32 Å². The summed E-state index contributed by atoms with van der Waals surface area (Å²) in [7, 11) is 0. The van der Waals surface area contributed by atoms with Crippen molar-refractivity contribution in [2.75, 3.05) is 6.61 Å². The van der Waals surface area contributed by atoms with Gasteiger partial charge in [-0.2, -0.15) is 26.3 Å². The molecule has 0 aliphatic heterocycles. The van der Waals surface area contributed by atoms with E-state index in [-0.39, 0.29) is 36.4 Å². The minimum atomic E-state index is -4.99. The molecule has 0 radical (unpaired) electrons. The predicted octanol–water partition coefficient (Wildman–Crippen LogP) is 6.84. The Morgan fingerprint density at radius 3 is 1.86 bits per heavy atom. The number of halogens is 6. The summed E-state index contributed by atoms with van der Waals surface area (Å²) < 4.78 is 82.7. The van der Waals surface area contributed by atoms with Crippen molar-refractivity contribution in [3.05, 3.63) is 58.7 Å². The lowest BCUT2D eigenvalue weighted by Gasteiger charge is -2.30. The van der Waals surface area contributed by atoms with Crippen molar-refractivity contribution in [1.82, 2.24) is 9.88 Å². The quantitative estimate of drug-likeness (QED) is 0.357. The van der Waals surface area contributed by atoms with Gasteiger partial charge in [0.25, 0.3) is 0 Å². The van der Waals surface area contributed by atoms with E-state index in [9.17, 15) is 36.2 Å². The van der Waals surface area contributed by atoms with Gasteiger partial charge in [-0.1, -0.05) is 6.07 Å². The highest BCUT2D eigenvalue weighted by molar-refractivity contribution is 5.94. The van der Waals surface area contributed by atoms with Crippen molar-refractivity contribution < 1.29 is 36.2 Å². The van der Waals surface area contributed by atoms with Crippen LogP contribution in [0.4, 0.5) is 26.3 Å². The lowest BCUT2D eigenvalue weighted by molar-refractivity contribution is -0.143. The number of benzene rings is 2. The maximum Gasteiger partial charge on any atom is 0.416 e. The van der Waals surface area contributed by atoms with E-state index in [4.69, 9.17) is 0 Å². The van der Waals surface area contributed by atoms with Crippen LogP contribution in [0.2, 0.25) is 0 Å². The van der Waals surface area contributed by atoms with Gasteiger partial charge in [-0.3, -0.25) is 4.79 Å². The Kier molecular flexibility index (Phi) is 7.24. The van der Waals surface area contributed by atoms with Crippen LogP contribution < -0.4 is 5.32 Å². The highest BCUT2D eigenvalue weighted by Crippen LogP contribution is 2.42. The van der Waals surface area contributed by atoms with Gasteiger partial charge in [0.1, 0.15) is 0 Å². The molecule has 4 nitrogen and oxygen atoms in total. The molecular formula is C27H30F6N2O2. The molecule has 0 spiro atoms. The molecule has 1 amide bonds. The molecule has 10 heteroatoms. The number of amides is 1. The van der Waals surface area contributed by atoms with Crippen LogP contribution in [0.5, 0.6) is 0 Å². The summed E-state index contributed by atoms with van der Waals surface area (Å²) in [4.78, 5) is 13.0. The number of aliphatic hydroxyl groups excluding tert-OH is 1. The zero-order chi connectivity index (χ0) is 28.1. The summed E-state index contributed by atoms with van der Waals surface area (Å²) in [6, 6.07) is 6.56. The molecule has 2 aromatic carbocycles. The van der Waals surface area contributed by atoms with Gasteiger partial charge in [-0.05, 0) is 88.6 Å². The highest BCUT2D eigenvalue weighted by Gasteiger charge is 2.38. The molecule has 0 saturated carbocycles. The van der Waals surface area contributed by atoms with E-state index in [0.29, 0.717) is 34.2 Å². The number of aryl methyl sites for hydroxylation is 1. The fraction of sp³-hybridized carbons (Fsp3) is 0.444. The molecule has 0 unspecified atom stereocenters. The van der Waals surface area contributed by atoms with Crippen LogP contribution in [0.3, 0.4) is 0 Å². The minimum Gasteiger partial charge on any atom is -0.395 e. The van der Waals surface area contributed by atoms with Gasteiger partial charge in [-0.25, -0.2) is 0 Å². The first-order chi connectivity index (χ1) is 16.8. The second-order valence-electron chi connectivity index (χ2n) is 10.7. The van der Waals surface area contributed by atoms with Crippen LogP contribution in [0.1, 0.15) is 56.9 Å². The van der Waals surface area contributed by atoms with Gasteiger partial charge in [0.2, 0.25) is 5.91 Å². The van der Waals surface area contributed by atoms with Crippen LogP contribution in [0.15, 0.2) is 36.4 Å². The van der Waals surface area contributed by atoms with Crippen LogP contribution in [0.25, 0.3) is 22.2 Å². The molecule has 0 bridgehead atoms. The topological polar surface area (TPSA) is 54.3 Å². The minimum absolute atomic E-state index is 0.0511. The second-order valence-corrected chi connectivity index (χ2v) is 10.7. The summed E-state index contributed by atoms with van der Waals surface area (Å²) in [5.74, 6) is -0.236. The Morgan fingerprint density at radius 2 is 1.41 bits per heavy atom. The smallest absolute Gasteiger partial charge is 0.395 e. The van der Waals surface area contributed by atoms with Crippen molar-refractivity contribution in [2.24, 2.45) is 0 Å². The molecule has 3 rings (SSSR count). The summed E-state index contributed by atoms with van der Waals surface area (Å²) in [5, 5.41) is 13.2. The first-order valence-electron chi connectivity index (χ1n) is 11.6. The number of hydrogen-bond donors (Lipinski definition) is 2. The number of alkyl halides is 6. The van der Waals surface area contributed by atoms with Crippen molar-refractivity contribution in [2.45, 2.75) is 71.4 Å². The third-order valence-electron chi connectivity index (χ3n) is 6.28. The van der Waals surface area contributed by atoms with Crippen molar-refractivity contribution in [3.63, 3.8) is 0 Å². The first-order valence-corrected chi connectivity index (χ1v) is 11.6. The number of nitrogens with zero attached hydrogens (tertiary/aromatic N) is 1. The van der Waals surface area contributed by atoms with Crippen molar-refractivity contribution in [1.29, 1.82) is 0 Å². The van der Waals surface area contributed by atoms with Gasteiger partial charge < -0.3 is 15.0 Å². The van der Waals surface area contributed by atoms with Gasteiger partial charge in [0, 0.05) is 23.0 Å². The molecule has 37 heavy (non-hydrogen) atoms. The summed E-state index contributed by atoms with van der Waals surface area (Å²) in [5.41, 5.74) is -2.86. The second kappa shape index (κ2) is 9.38. The Bertz CT molecular complexity index is 1300. The monoisotopic (exact) mass is 528 g/mol. The summed E-state index contributed by atoms with van der Waals surface area (Å²) >= 11 is 0. The molecule has 0 aliphatic rings. The number of carbonyl (C=O) groups is 1. The Balaban J connectivity index is 2.29. The zero-order valence-electron chi connectivity index (χ0n) is 21.4. The molecule has 202 valence electrons. The van der Waals surface area contributed by atoms with Crippen LogP contribution >= 0.6 is 0 Å². The number of fused-ring (bicyclic) bond motifs is 1. The van der Waals surface area contributed by atoms with Gasteiger partial charge in [0.15, 0.2) is 0 Å². The van der Waals surface area contributed by atoms with Crippen LogP contribution in [-0.2, 0) is 29.1 Å². The number of carbonyl (C=O) groups excluding carboxylic acids is 1. The third-order valence-corrected chi connectivity index (χ3v) is 6.28. The SMILES string of the molecule is Cc1c(-c2cc(C(F)(F)F)cc(C(F)(F)F)c2)n(CCO)c2ccc(C(C)(C)C(=O)NC(C)(C)C)cc12. The fourth-order valence-electron chi connectivity index (χ4n) is 4.34. The molecule has 3 aromatic rings. The molecule has 2 N–H and O–H groups in total. The van der Waals surface area contributed by atoms with Gasteiger partial charge >= 0.3 is 12.4 Å². The molecule has 0 aliphatic carbocycles. The average Bonchev–Trinajstić information content (AvgIpc) is 3.02. The Labute approximate surface area is 211 Å². The van der Waals surface area contributed by atoms with E-state index >= 15 is 0 Å². The average molecular weight is 529 g/mol. The van der Waals surface area contributed by atoms with E-state index in [1.54, 1.807) is 39.0 Å². The summed E-state index contributed by atoms with van der Waals surface area (Å²) in [6.07, 6.45) is -9.98. The standard InChI is InChI=1S/C27H30F6N2O2/c1-15-20-14-17(25(5,6)23(37)34-24(2,3)4)7-8-21(20)35(9-10-36)22(15)16-11-18(26(28,29)30)13-19(12-16)27(31,32)33/h7-8,11-14,36H,9-10H2,1-6H3,(H,34,37). The van der Waals surface area contributed by atoms with Crippen molar-refractivity contribution >= 4 is 16.8 Å². The molecule has 1 aromatic heterocycles. The van der Waals surface area contributed by atoms with Crippen LogP contribution in [-0.4, -0.2) is 27.7 Å². The lowest BCUT2D eigenvalue weighted by atomic mass is 9.82. The van der Waals surface area contributed by atoms with E-state index in [1.807, 2.05) is 20.8 Å². The molecule has 1 heterocycles. The third kappa shape index (κ3) is 5.79. The van der Waals surface area contributed by atoms with E-state index in [1.165, 1.54) is 4.57 Å². The maximum absolute atomic E-state index is 13.5. The van der Waals surface area contributed by atoms with Gasteiger partial charge in [-0.15, -0.1) is 0 Å². The predicted molar refractivity (Wildman–Crippen MR) is 130 cm³/mol. The largest absolute Gasteiger partial charge is 0.416 e. The summed E-state index contributed by atoms with van der Waals surface area (Å²) in [6.45, 7) is 10.2. The Hall–Kier alpha value is -3.01. The zero-order valence-corrected chi connectivity index (χ0v) is 21.4. The molecule has 0 saturated heterocycles. The maximum atomic E-state index is 13.5. The molecular weight excluding hydrogens is 498 g/mol. The lowest BCUT2D eigenvalue weighted by Crippen LogP contribution is -2.48. The van der Waals surface area contributed by atoms with Crippen molar-refractivity contribution in [3.8, 4) is 11.3 Å². The van der Waals surface area contributed by atoms with E-state index < -0.39 is 34.4 Å². The van der Waals surface area contributed by atoms with Gasteiger partial charge in [0.05, 0.1) is 28.8 Å².